The van der Waals surface area contributed by atoms with E-state index in [1.54, 1.807) is 4.90 Å². The number of ether oxygens (including phenoxy) is 1. The van der Waals surface area contributed by atoms with Gasteiger partial charge in [-0.15, -0.1) is 0 Å². The zero-order valence-electron chi connectivity index (χ0n) is 15.8. The second-order valence-electron chi connectivity index (χ2n) is 6.77. The fraction of sp³-hybridized carbons (Fsp3) is 0.364. The molecule has 148 valence electrons. The van der Waals surface area contributed by atoms with Crippen LogP contribution >= 0.6 is 15.9 Å². The number of nitrogens with one attached hydrogen (secondary N) is 1. The first-order valence-corrected chi connectivity index (χ1v) is 10.7. The van der Waals surface area contributed by atoms with E-state index in [1.807, 2.05) is 54.6 Å². The summed E-state index contributed by atoms with van der Waals surface area (Å²) < 4.78 is 5.58. The molecular formula is C22H25BrN2O3. The summed E-state index contributed by atoms with van der Waals surface area (Å²) in [7, 11) is 0. The predicted octanol–water partition coefficient (Wildman–Crippen LogP) is 4.21. The number of fused-ring (bicyclic) bond motifs is 1. The normalized spacial score (nSPS) is 15.6. The zero-order chi connectivity index (χ0) is 19.8. The quantitative estimate of drug-likeness (QED) is 0.395. The van der Waals surface area contributed by atoms with E-state index in [-0.39, 0.29) is 12.6 Å². The third kappa shape index (κ3) is 5.13. The summed E-state index contributed by atoms with van der Waals surface area (Å²) in [5.74, 6) is -0.397. The van der Waals surface area contributed by atoms with E-state index >= 15 is 0 Å². The molecule has 0 radical (unpaired) electrons. The van der Waals surface area contributed by atoms with Crippen LogP contribution in [0.4, 0.5) is 4.79 Å². The fourth-order valence-electron chi connectivity index (χ4n) is 3.36. The summed E-state index contributed by atoms with van der Waals surface area (Å²) in [6, 6.07) is 16.4. The van der Waals surface area contributed by atoms with Gasteiger partial charge in [0.1, 0.15) is 6.61 Å². The standard InChI is InChI=1S/C22H25BrN2O3/c23-13-6-7-14-24-22(27)25-15-12-18-10-4-5-11-19(18)20(25)21(26)28-16-17-8-2-1-3-9-17/h1-5,8-11,20H,6-7,12-16H2,(H,24,27)/t20-/m0/s1. The number of amides is 2. The Morgan fingerprint density at radius 1 is 1.07 bits per heavy atom. The molecule has 0 aromatic heterocycles. The highest BCUT2D eigenvalue weighted by molar-refractivity contribution is 9.09. The highest BCUT2D eigenvalue weighted by atomic mass is 79.9. The Hall–Kier alpha value is -2.34. The van der Waals surface area contributed by atoms with Crippen LogP contribution in [-0.2, 0) is 22.6 Å². The number of benzene rings is 2. The van der Waals surface area contributed by atoms with Gasteiger partial charge in [0.25, 0.3) is 0 Å². The van der Waals surface area contributed by atoms with Gasteiger partial charge in [-0.2, -0.15) is 0 Å². The van der Waals surface area contributed by atoms with Crippen LogP contribution in [0.25, 0.3) is 0 Å². The Labute approximate surface area is 174 Å². The molecule has 0 aliphatic carbocycles. The van der Waals surface area contributed by atoms with Crippen LogP contribution in [0.3, 0.4) is 0 Å². The van der Waals surface area contributed by atoms with Crippen LogP contribution in [-0.4, -0.2) is 35.3 Å². The number of rotatable bonds is 7. The third-order valence-corrected chi connectivity index (χ3v) is 5.39. The number of unbranched alkanes of at least 4 members (excludes halogenated alkanes) is 1. The lowest BCUT2D eigenvalue weighted by Gasteiger charge is -2.35. The molecule has 0 unspecified atom stereocenters. The first kappa shape index (κ1) is 20.4. The number of hydrogen-bond donors (Lipinski definition) is 1. The van der Waals surface area contributed by atoms with E-state index in [1.165, 1.54) is 0 Å². The average Bonchev–Trinajstić information content (AvgIpc) is 2.74. The lowest BCUT2D eigenvalue weighted by Crippen LogP contribution is -2.48. The molecular weight excluding hydrogens is 420 g/mol. The molecule has 0 spiro atoms. The van der Waals surface area contributed by atoms with Gasteiger partial charge >= 0.3 is 12.0 Å². The van der Waals surface area contributed by atoms with Gasteiger partial charge < -0.3 is 15.0 Å². The highest BCUT2D eigenvalue weighted by Crippen LogP contribution is 2.31. The molecule has 0 saturated carbocycles. The number of urea groups is 1. The van der Waals surface area contributed by atoms with E-state index in [2.05, 4.69) is 21.2 Å². The van der Waals surface area contributed by atoms with Crippen LogP contribution in [0.5, 0.6) is 0 Å². The monoisotopic (exact) mass is 444 g/mol. The first-order valence-electron chi connectivity index (χ1n) is 9.59. The largest absolute Gasteiger partial charge is 0.459 e. The molecule has 0 bridgehead atoms. The van der Waals surface area contributed by atoms with Crippen molar-refractivity contribution < 1.29 is 14.3 Å². The summed E-state index contributed by atoms with van der Waals surface area (Å²) in [6.45, 7) is 1.28. The second kappa shape index (κ2) is 10.3. The van der Waals surface area contributed by atoms with E-state index < -0.39 is 12.0 Å². The maximum Gasteiger partial charge on any atom is 0.333 e. The molecule has 1 aliphatic rings. The van der Waals surface area contributed by atoms with Crippen molar-refractivity contribution in [2.24, 2.45) is 0 Å². The van der Waals surface area contributed by atoms with Crippen molar-refractivity contribution in [2.75, 3.05) is 18.4 Å². The summed E-state index contributed by atoms with van der Waals surface area (Å²) in [6.07, 6.45) is 2.61. The molecule has 0 saturated heterocycles. The molecule has 3 rings (SSSR count). The molecule has 5 nitrogen and oxygen atoms in total. The molecule has 1 heterocycles. The van der Waals surface area contributed by atoms with Gasteiger partial charge in [0.2, 0.25) is 0 Å². The maximum absolute atomic E-state index is 13.0. The summed E-state index contributed by atoms with van der Waals surface area (Å²) >= 11 is 3.39. The number of carbonyl (C=O) groups is 2. The van der Waals surface area contributed by atoms with Crippen molar-refractivity contribution in [1.29, 1.82) is 0 Å². The molecule has 2 aromatic rings. The first-order chi connectivity index (χ1) is 13.7. The fourth-order valence-corrected chi connectivity index (χ4v) is 3.76. The number of hydrogen-bond acceptors (Lipinski definition) is 3. The lowest BCUT2D eigenvalue weighted by molar-refractivity contribution is -0.151. The SMILES string of the molecule is O=C(OCc1ccccc1)[C@@H]1c2ccccc2CCN1C(=O)NCCCCBr. The minimum absolute atomic E-state index is 0.194. The predicted molar refractivity (Wildman–Crippen MR) is 112 cm³/mol. The smallest absolute Gasteiger partial charge is 0.333 e. The lowest BCUT2D eigenvalue weighted by atomic mass is 9.93. The maximum atomic E-state index is 13.0. The van der Waals surface area contributed by atoms with Crippen molar-refractivity contribution in [3.63, 3.8) is 0 Å². The van der Waals surface area contributed by atoms with Crippen LogP contribution < -0.4 is 5.32 Å². The molecule has 1 aliphatic heterocycles. The van der Waals surface area contributed by atoms with Gasteiger partial charge in [0.05, 0.1) is 0 Å². The van der Waals surface area contributed by atoms with Crippen LogP contribution in [0, 0.1) is 0 Å². The molecule has 1 N–H and O–H groups in total. The van der Waals surface area contributed by atoms with Gasteiger partial charge in [0.15, 0.2) is 6.04 Å². The number of esters is 1. The molecule has 1 atom stereocenters. The van der Waals surface area contributed by atoms with Crippen molar-refractivity contribution in [3.8, 4) is 0 Å². The van der Waals surface area contributed by atoms with E-state index in [4.69, 9.17) is 4.74 Å². The Bertz CT molecular complexity index is 797. The molecule has 0 fully saturated rings. The zero-order valence-corrected chi connectivity index (χ0v) is 17.4. The topological polar surface area (TPSA) is 58.6 Å². The van der Waals surface area contributed by atoms with Crippen molar-refractivity contribution >= 4 is 27.9 Å². The highest BCUT2D eigenvalue weighted by Gasteiger charge is 2.36. The van der Waals surface area contributed by atoms with Gasteiger partial charge in [-0.25, -0.2) is 9.59 Å². The number of halogens is 1. The molecule has 2 aromatic carbocycles. The Morgan fingerprint density at radius 3 is 2.61 bits per heavy atom. The van der Waals surface area contributed by atoms with Gasteiger partial charge in [0, 0.05) is 18.4 Å². The van der Waals surface area contributed by atoms with E-state index in [9.17, 15) is 9.59 Å². The number of alkyl halides is 1. The third-order valence-electron chi connectivity index (χ3n) is 4.83. The van der Waals surface area contributed by atoms with Crippen molar-refractivity contribution in [2.45, 2.75) is 31.9 Å². The number of nitrogens with zero attached hydrogens (tertiary/aromatic N) is 1. The molecule has 28 heavy (non-hydrogen) atoms. The summed E-state index contributed by atoms with van der Waals surface area (Å²) in [5.41, 5.74) is 2.86. The van der Waals surface area contributed by atoms with Gasteiger partial charge in [-0.3, -0.25) is 0 Å². The minimum Gasteiger partial charge on any atom is -0.459 e. The Balaban J connectivity index is 1.73. The summed E-state index contributed by atoms with van der Waals surface area (Å²) in [5, 5.41) is 3.85. The Morgan fingerprint density at radius 2 is 1.82 bits per heavy atom. The van der Waals surface area contributed by atoms with Crippen LogP contribution in [0.1, 0.15) is 35.6 Å². The van der Waals surface area contributed by atoms with Crippen LogP contribution in [0.2, 0.25) is 0 Å². The second-order valence-corrected chi connectivity index (χ2v) is 7.56. The Kier molecular flexibility index (Phi) is 7.48. The van der Waals surface area contributed by atoms with Crippen molar-refractivity contribution in [3.05, 3.63) is 71.3 Å². The van der Waals surface area contributed by atoms with Gasteiger partial charge in [-0.1, -0.05) is 70.5 Å². The van der Waals surface area contributed by atoms with Crippen LogP contribution in [0.15, 0.2) is 54.6 Å². The average molecular weight is 445 g/mol. The van der Waals surface area contributed by atoms with Gasteiger partial charge in [-0.05, 0) is 36.0 Å². The van der Waals surface area contributed by atoms with Crippen molar-refractivity contribution in [1.82, 2.24) is 10.2 Å². The number of carbonyl (C=O) groups excluding carboxylic acids is 2. The minimum atomic E-state index is -0.718. The summed E-state index contributed by atoms with van der Waals surface area (Å²) in [4.78, 5) is 27.3. The van der Waals surface area contributed by atoms with E-state index in [0.717, 1.165) is 41.3 Å². The molecule has 2 amide bonds. The van der Waals surface area contributed by atoms with E-state index in [0.29, 0.717) is 13.1 Å². The molecule has 6 heteroatoms.